The lowest BCUT2D eigenvalue weighted by Gasteiger charge is -2.40. The predicted molar refractivity (Wildman–Crippen MR) is 73.4 cm³/mol. The average Bonchev–Trinajstić information content (AvgIpc) is 2.56. The van der Waals surface area contributed by atoms with Crippen molar-refractivity contribution in [2.75, 3.05) is 17.7 Å². The number of nitrogens with one attached hydrogen (secondary N) is 1. The number of aliphatic hydroxyl groups excluding tert-OH is 1. The van der Waals surface area contributed by atoms with Crippen LogP contribution in [0.2, 0.25) is 0 Å². The van der Waals surface area contributed by atoms with E-state index in [1.54, 1.807) is 4.68 Å². The Morgan fingerprint density at radius 2 is 2.33 bits per heavy atom. The number of aliphatic hydroxyl groups is 1. The molecule has 2 unspecified atom stereocenters. The van der Waals surface area contributed by atoms with Gasteiger partial charge in [0.15, 0.2) is 0 Å². The summed E-state index contributed by atoms with van der Waals surface area (Å²) in [5, 5.41) is 17.5. The van der Waals surface area contributed by atoms with Crippen LogP contribution < -0.4 is 11.1 Å². The summed E-state index contributed by atoms with van der Waals surface area (Å²) < 4.78 is 1.77. The number of hydrogen-bond acceptors (Lipinski definition) is 4. The number of nitrogen functional groups attached to an aromatic ring is 1. The number of anilines is 2. The van der Waals surface area contributed by atoms with E-state index in [0.29, 0.717) is 11.6 Å². The van der Waals surface area contributed by atoms with E-state index in [9.17, 15) is 5.11 Å². The van der Waals surface area contributed by atoms with E-state index in [0.717, 1.165) is 30.8 Å². The van der Waals surface area contributed by atoms with E-state index in [2.05, 4.69) is 17.3 Å². The Morgan fingerprint density at radius 3 is 2.83 bits per heavy atom. The molecule has 1 aromatic heterocycles. The largest absolute Gasteiger partial charge is 0.394 e. The fraction of sp³-hybridized carbons (Fsp3) is 0.769. The van der Waals surface area contributed by atoms with Gasteiger partial charge in [0.1, 0.15) is 5.82 Å². The number of nitrogens with zero attached hydrogens (tertiary/aromatic N) is 2. The molecule has 0 aromatic carbocycles. The number of nitrogens with two attached hydrogens (primary N) is 1. The van der Waals surface area contributed by atoms with Crippen molar-refractivity contribution in [3.8, 4) is 0 Å². The molecule has 102 valence electrons. The normalized spacial score (nSPS) is 28.3. The Kier molecular flexibility index (Phi) is 3.52. The third kappa shape index (κ3) is 2.32. The van der Waals surface area contributed by atoms with Crippen LogP contribution in [0.3, 0.4) is 0 Å². The fourth-order valence-electron chi connectivity index (χ4n) is 3.03. The lowest BCUT2D eigenvalue weighted by atomic mass is 9.77. The highest BCUT2D eigenvalue weighted by Crippen LogP contribution is 2.36. The molecule has 2 rings (SSSR count). The van der Waals surface area contributed by atoms with Crippen molar-refractivity contribution in [3.05, 3.63) is 5.69 Å². The van der Waals surface area contributed by atoms with Gasteiger partial charge < -0.3 is 16.2 Å². The summed E-state index contributed by atoms with van der Waals surface area (Å²) in [5.74, 6) is 1.46. The molecule has 2 atom stereocenters. The van der Waals surface area contributed by atoms with Gasteiger partial charge in [-0.25, -0.2) is 0 Å². The summed E-state index contributed by atoms with van der Waals surface area (Å²) in [7, 11) is 1.88. The summed E-state index contributed by atoms with van der Waals surface area (Å²) in [6.45, 7) is 4.28. The van der Waals surface area contributed by atoms with E-state index in [4.69, 9.17) is 5.73 Å². The van der Waals surface area contributed by atoms with Crippen molar-refractivity contribution in [1.82, 2.24) is 9.78 Å². The van der Waals surface area contributed by atoms with E-state index in [1.165, 1.54) is 6.42 Å². The van der Waals surface area contributed by atoms with Crippen molar-refractivity contribution in [1.29, 1.82) is 0 Å². The fourth-order valence-corrected chi connectivity index (χ4v) is 3.03. The lowest BCUT2D eigenvalue weighted by molar-refractivity contribution is 0.149. The Hall–Kier alpha value is -1.23. The van der Waals surface area contributed by atoms with Gasteiger partial charge in [0.25, 0.3) is 0 Å². The zero-order valence-corrected chi connectivity index (χ0v) is 11.5. The van der Waals surface area contributed by atoms with Gasteiger partial charge in [-0.1, -0.05) is 19.8 Å². The zero-order chi connectivity index (χ0) is 13.3. The Balaban J connectivity index is 2.24. The molecule has 0 bridgehead atoms. The molecule has 0 spiro atoms. The van der Waals surface area contributed by atoms with E-state index in [1.807, 2.05) is 14.0 Å². The molecule has 1 fully saturated rings. The average molecular weight is 252 g/mol. The molecule has 1 heterocycles. The highest BCUT2D eigenvalue weighted by Gasteiger charge is 2.35. The first kappa shape index (κ1) is 13.2. The standard InChI is InChI=1S/C13H24N4O/c1-9-5-4-6-13(7-9,8-18)15-12-11(14)10(2)16-17(12)3/h9,15,18H,4-8,14H2,1-3H3. The van der Waals surface area contributed by atoms with Gasteiger partial charge in [-0.15, -0.1) is 0 Å². The molecule has 5 nitrogen and oxygen atoms in total. The van der Waals surface area contributed by atoms with E-state index >= 15 is 0 Å². The summed E-state index contributed by atoms with van der Waals surface area (Å²) in [6.07, 6.45) is 4.35. The van der Waals surface area contributed by atoms with Gasteiger partial charge >= 0.3 is 0 Å². The first-order valence-corrected chi connectivity index (χ1v) is 6.65. The SMILES string of the molecule is Cc1nn(C)c(NC2(CO)CCCC(C)C2)c1N. The lowest BCUT2D eigenvalue weighted by Crippen LogP contribution is -2.46. The predicted octanol–water partition coefficient (Wildman–Crippen LogP) is 1.66. The molecule has 0 aliphatic heterocycles. The molecule has 1 aliphatic carbocycles. The molecule has 1 aliphatic rings. The van der Waals surface area contributed by atoms with Crippen molar-refractivity contribution in [3.63, 3.8) is 0 Å². The van der Waals surface area contributed by atoms with Crippen LogP contribution in [0.25, 0.3) is 0 Å². The maximum Gasteiger partial charge on any atom is 0.148 e. The summed E-state index contributed by atoms with van der Waals surface area (Å²) in [4.78, 5) is 0. The topological polar surface area (TPSA) is 76.1 Å². The van der Waals surface area contributed by atoms with E-state index in [-0.39, 0.29) is 12.1 Å². The molecular weight excluding hydrogens is 228 g/mol. The summed E-state index contributed by atoms with van der Waals surface area (Å²) in [6, 6.07) is 0. The molecule has 1 aromatic rings. The smallest absolute Gasteiger partial charge is 0.148 e. The third-order valence-corrected chi connectivity index (χ3v) is 4.05. The van der Waals surface area contributed by atoms with Crippen molar-refractivity contribution in [2.24, 2.45) is 13.0 Å². The number of hydrogen-bond donors (Lipinski definition) is 3. The molecule has 0 amide bonds. The number of aromatic nitrogens is 2. The zero-order valence-electron chi connectivity index (χ0n) is 11.5. The minimum atomic E-state index is -0.244. The second-order valence-corrected chi connectivity index (χ2v) is 5.74. The van der Waals surface area contributed by atoms with Crippen LogP contribution in [0.1, 0.15) is 38.3 Å². The number of aryl methyl sites for hydroxylation is 2. The molecule has 1 saturated carbocycles. The molecule has 5 heteroatoms. The second kappa shape index (κ2) is 4.80. The molecule has 0 radical (unpaired) electrons. The van der Waals surface area contributed by atoms with Gasteiger partial charge in [-0.05, 0) is 25.7 Å². The van der Waals surface area contributed by atoms with Gasteiger partial charge in [-0.2, -0.15) is 5.10 Å². The van der Waals surface area contributed by atoms with Crippen molar-refractivity contribution < 1.29 is 5.11 Å². The molecular formula is C13H24N4O. The second-order valence-electron chi connectivity index (χ2n) is 5.74. The monoisotopic (exact) mass is 252 g/mol. The first-order chi connectivity index (χ1) is 8.47. The summed E-state index contributed by atoms with van der Waals surface area (Å²) in [5.41, 5.74) is 7.31. The van der Waals surface area contributed by atoms with Gasteiger partial charge in [0.2, 0.25) is 0 Å². The highest BCUT2D eigenvalue weighted by atomic mass is 16.3. The van der Waals surface area contributed by atoms with Gasteiger partial charge in [-0.3, -0.25) is 4.68 Å². The minimum Gasteiger partial charge on any atom is -0.394 e. The Morgan fingerprint density at radius 1 is 1.61 bits per heavy atom. The maximum absolute atomic E-state index is 9.78. The van der Waals surface area contributed by atoms with Crippen LogP contribution in [0.4, 0.5) is 11.5 Å². The quantitative estimate of drug-likeness (QED) is 0.764. The molecule has 4 N–H and O–H groups in total. The molecule has 18 heavy (non-hydrogen) atoms. The van der Waals surface area contributed by atoms with Crippen LogP contribution in [0.15, 0.2) is 0 Å². The van der Waals surface area contributed by atoms with Crippen molar-refractivity contribution >= 4 is 11.5 Å². The van der Waals surface area contributed by atoms with Crippen LogP contribution in [0, 0.1) is 12.8 Å². The van der Waals surface area contributed by atoms with E-state index < -0.39 is 0 Å². The van der Waals surface area contributed by atoms with Gasteiger partial charge in [0.05, 0.1) is 23.5 Å². The number of rotatable bonds is 3. The van der Waals surface area contributed by atoms with Crippen molar-refractivity contribution in [2.45, 2.75) is 45.1 Å². The Labute approximate surface area is 108 Å². The van der Waals surface area contributed by atoms with Crippen LogP contribution in [0.5, 0.6) is 0 Å². The maximum atomic E-state index is 9.78. The van der Waals surface area contributed by atoms with Crippen LogP contribution in [-0.2, 0) is 7.05 Å². The minimum absolute atomic E-state index is 0.140. The van der Waals surface area contributed by atoms with Gasteiger partial charge in [0, 0.05) is 7.05 Å². The first-order valence-electron chi connectivity index (χ1n) is 6.65. The highest BCUT2D eigenvalue weighted by molar-refractivity contribution is 5.65. The summed E-state index contributed by atoms with van der Waals surface area (Å²) >= 11 is 0. The molecule has 0 saturated heterocycles. The van der Waals surface area contributed by atoms with Crippen LogP contribution >= 0.6 is 0 Å². The third-order valence-electron chi connectivity index (χ3n) is 4.05. The Bertz CT molecular complexity index is 429. The van der Waals surface area contributed by atoms with Crippen LogP contribution in [-0.4, -0.2) is 27.0 Å².